The molecule has 0 radical (unpaired) electrons. The first kappa shape index (κ1) is 20.0. The van der Waals surface area contributed by atoms with Crippen LogP contribution in [0.1, 0.15) is 51.5 Å². The van der Waals surface area contributed by atoms with E-state index in [1.54, 1.807) is 0 Å². The van der Waals surface area contributed by atoms with Gasteiger partial charge >= 0.3 is 0 Å². The van der Waals surface area contributed by atoms with E-state index >= 15 is 0 Å². The number of nitrogens with zero attached hydrogens (tertiary/aromatic N) is 2. The number of hydrogen-bond donors (Lipinski definition) is 2. The van der Waals surface area contributed by atoms with Gasteiger partial charge < -0.3 is 20.3 Å². The number of hydrogen-bond acceptors (Lipinski definition) is 3. The van der Waals surface area contributed by atoms with Crippen molar-refractivity contribution < 1.29 is 4.74 Å². The molecule has 1 saturated carbocycles. The summed E-state index contributed by atoms with van der Waals surface area (Å²) < 4.78 is 6.13. The third-order valence-electron chi connectivity index (χ3n) is 5.54. The fraction of sp³-hybridized carbons (Fsp3) is 0.682. The number of benzene rings is 1. The van der Waals surface area contributed by atoms with Gasteiger partial charge in [0.05, 0.1) is 6.10 Å². The smallest absolute Gasteiger partial charge is 0.191 e. The van der Waals surface area contributed by atoms with Crippen LogP contribution in [0.25, 0.3) is 0 Å². The van der Waals surface area contributed by atoms with Crippen LogP contribution in [0.15, 0.2) is 29.3 Å². The molecule has 0 atom stereocenters. The van der Waals surface area contributed by atoms with E-state index in [1.807, 2.05) is 7.05 Å². The van der Waals surface area contributed by atoms with Crippen LogP contribution in [0.5, 0.6) is 5.75 Å². The van der Waals surface area contributed by atoms with Crippen LogP contribution in [0.4, 0.5) is 0 Å². The lowest BCUT2D eigenvalue weighted by Crippen LogP contribution is -2.49. The Morgan fingerprint density at radius 3 is 2.56 bits per heavy atom. The predicted molar refractivity (Wildman–Crippen MR) is 112 cm³/mol. The van der Waals surface area contributed by atoms with E-state index in [-0.39, 0.29) is 0 Å². The Hall–Kier alpha value is -1.75. The molecule has 1 saturated heterocycles. The summed E-state index contributed by atoms with van der Waals surface area (Å²) in [6.07, 6.45) is 6.40. The minimum atomic E-state index is 0.402. The second-order valence-electron chi connectivity index (χ2n) is 8.32. The highest BCUT2D eigenvalue weighted by Crippen LogP contribution is 2.27. The summed E-state index contributed by atoms with van der Waals surface area (Å²) in [4.78, 5) is 7.00. The molecule has 1 heterocycles. The van der Waals surface area contributed by atoms with Gasteiger partial charge in [0.15, 0.2) is 5.96 Å². The van der Waals surface area contributed by atoms with Gasteiger partial charge in [0.2, 0.25) is 0 Å². The molecule has 2 fully saturated rings. The molecule has 0 aromatic heterocycles. The summed E-state index contributed by atoms with van der Waals surface area (Å²) in [5.41, 5.74) is 1.19. The fourth-order valence-electron chi connectivity index (χ4n) is 3.78. The average molecular weight is 373 g/mol. The van der Waals surface area contributed by atoms with Gasteiger partial charge in [0.1, 0.15) is 5.75 Å². The normalized spacial score (nSPS) is 19.8. The molecule has 3 rings (SSSR count). The van der Waals surface area contributed by atoms with Crippen molar-refractivity contribution in [1.82, 2.24) is 15.5 Å². The SMILES string of the molecule is CN=C(NCc1ccccc1OC1CCC1)NC1CCN(CC(C)C)CC1. The maximum atomic E-state index is 6.13. The largest absolute Gasteiger partial charge is 0.490 e. The van der Waals surface area contributed by atoms with Crippen molar-refractivity contribution in [2.24, 2.45) is 10.9 Å². The first-order chi connectivity index (χ1) is 13.1. The quantitative estimate of drug-likeness (QED) is 0.569. The Balaban J connectivity index is 1.46. The monoisotopic (exact) mass is 372 g/mol. The van der Waals surface area contributed by atoms with Crippen molar-refractivity contribution in [2.75, 3.05) is 26.7 Å². The molecule has 5 nitrogen and oxygen atoms in total. The van der Waals surface area contributed by atoms with Gasteiger partial charge in [-0.3, -0.25) is 4.99 Å². The predicted octanol–water partition coefficient (Wildman–Crippen LogP) is 3.40. The minimum absolute atomic E-state index is 0.402. The van der Waals surface area contributed by atoms with E-state index in [4.69, 9.17) is 4.74 Å². The zero-order chi connectivity index (χ0) is 19.1. The lowest BCUT2D eigenvalue weighted by Gasteiger charge is -2.34. The van der Waals surface area contributed by atoms with Gasteiger partial charge in [-0.1, -0.05) is 32.0 Å². The second-order valence-corrected chi connectivity index (χ2v) is 8.32. The highest BCUT2D eigenvalue weighted by Gasteiger charge is 2.21. The molecule has 5 heteroatoms. The molecule has 2 N–H and O–H groups in total. The van der Waals surface area contributed by atoms with E-state index in [0.29, 0.717) is 12.1 Å². The number of ether oxygens (including phenoxy) is 1. The maximum absolute atomic E-state index is 6.13. The Bertz CT molecular complexity index is 604. The maximum Gasteiger partial charge on any atom is 0.191 e. The Morgan fingerprint density at radius 1 is 1.19 bits per heavy atom. The molecule has 2 aliphatic rings. The lowest BCUT2D eigenvalue weighted by molar-refractivity contribution is 0.119. The summed E-state index contributed by atoms with van der Waals surface area (Å²) in [5, 5.41) is 7.08. The van der Waals surface area contributed by atoms with E-state index in [2.05, 4.69) is 58.6 Å². The number of likely N-dealkylation sites (tertiary alicyclic amines) is 1. The fourth-order valence-corrected chi connectivity index (χ4v) is 3.78. The molecule has 1 aliphatic carbocycles. The van der Waals surface area contributed by atoms with Crippen LogP contribution >= 0.6 is 0 Å². The average Bonchev–Trinajstić information content (AvgIpc) is 2.63. The minimum Gasteiger partial charge on any atom is -0.490 e. The highest BCUT2D eigenvalue weighted by atomic mass is 16.5. The number of nitrogens with one attached hydrogen (secondary N) is 2. The summed E-state index contributed by atoms with van der Waals surface area (Å²) in [7, 11) is 1.85. The zero-order valence-electron chi connectivity index (χ0n) is 17.2. The third-order valence-corrected chi connectivity index (χ3v) is 5.54. The van der Waals surface area contributed by atoms with E-state index < -0.39 is 0 Å². The molecule has 0 spiro atoms. The van der Waals surface area contributed by atoms with Crippen molar-refractivity contribution in [3.05, 3.63) is 29.8 Å². The van der Waals surface area contributed by atoms with E-state index in [0.717, 1.165) is 24.2 Å². The molecule has 1 aromatic rings. The van der Waals surface area contributed by atoms with Crippen LogP contribution in [0.2, 0.25) is 0 Å². The third kappa shape index (κ3) is 6.13. The Kier molecular flexibility index (Phi) is 7.39. The first-order valence-electron chi connectivity index (χ1n) is 10.6. The van der Waals surface area contributed by atoms with Gasteiger partial charge in [0.25, 0.3) is 0 Å². The standard InChI is InChI=1S/C22H36N4O/c1-17(2)16-26-13-11-19(12-14-26)25-22(23-3)24-15-18-7-4-5-10-21(18)27-20-8-6-9-20/h4-5,7,10,17,19-20H,6,8-9,11-16H2,1-3H3,(H2,23,24,25). The van der Waals surface area contributed by atoms with Crippen molar-refractivity contribution >= 4 is 5.96 Å². The molecule has 0 amide bonds. The van der Waals surface area contributed by atoms with Gasteiger partial charge in [0, 0.05) is 44.8 Å². The summed E-state index contributed by atoms with van der Waals surface area (Å²) in [6, 6.07) is 8.84. The lowest BCUT2D eigenvalue weighted by atomic mass is 9.96. The molecule has 1 aromatic carbocycles. The number of rotatable bonds is 7. The van der Waals surface area contributed by atoms with Gasteiger partial charge in [-0.05, 0) is 44.1 Å². The van der Waals surface area contributed by atoms with E-state index in [9.17, 15) is 0 Å². The topological polar surface area (TPSA) is 48.9 Å². The van der Waals surface area contributed by atoms with Crippen LogP contribution in [0.3, 0.4) is 0 Å². The number of piperidine rings is 1. The number of aliphatic imine (C=N–C) groups is 1. The molecule has 0 bridgehead atoms. The van der Waals surface area contributed by atoms with Gasteiger partial charge in [-0.25, -0.2) is 0 Å². The zero-order valence-corrected chi connectivity index (χ0v) is 17.2. The van der Waals surface area contributed by atoms with Crippen LogP contribution in [0, 0.1) is 5.92 Å². The first-order valence-corrected chi connectivity index (χ1v) is 10.6. The van der Waals surface area contributed by atoms with Crippen molar-refractivity contribution in [2.45, 2.75) is 64.6 Å². The summed E-state index contributed by atoms with van der Waals surface area (Å²) in [6.45, 7) is 8.87. The molecule has 27 heavy (non-hydrogen) atoms. The van der Waals surface area contributed by atoms with Crippen LogP contribution < -0.4 is 15.4 Å². The molecule has 150 valence electrons. The van der Waals surface area contributed by atoms with Crippen LogP contribution in [-0.4, -0.2) is 49.7 Å². The van der Waals surface area contributed by atoms with Crippen molar-refractivity contribution in [3.63, 3.8) is 0 Å². The Morgan fingerprint density at radius 2 is 1.93 bits per heavy atom. The molecule has 1 aliphatic heterocycles. The summed E-state index contributed by atoms with van der Waals surface area (Å²) in [5.74, 6) is 2.63. The van der Waals surface area contributed by atoms with E-state index in [1.165, 1.54) is 57.3 Å². The van der Waals surface area contributed by atoms with Crippen LogP contribution in [-0.2, 0) is 6.54 Å². The molecule has 0 unspecified atom stereocenters. The molecular formula is C22H36N4O. The van der Waals surface area contributed by atoms with Gasteiger partial charge in [-0.15, -0.1) is 0 Å². The highest BCUT2D eigenvalue weighted by molar-refractivity contribution is 5.80. The Labute approximate surface area is 164 Å². The van der Waals surface area contributed by atoms with Gasteiger partial charge in [-0.2, -0.15) is 0 Å². The molecular weight excluding hydrogens is 336 g/mol. The summed E-state index contributed by atoms with van der Waals surface area (Å²) >= 11 is 0. The number of para-hydroxylation sites is 1. The second kappa shape index (κ2) is 9.98. The number of guanidine groups is 1. The van der Waals surface area contributed by atoms with Crippen molar-refractivity contribution in [1.29, 1.82) is 0 Å². The van der Waals surface area contributed by atoms with Crippen molar-refractivity contribution in [3.8, 4) is 5.75 Å².